The monoisotopic (exact) mass is 356 g/mol. The van der Waals surface area contributed by atoms with E-state index in [2.05, 4.69) is 0 Å². The van der Waals surface area contributed by atoms with Crippen molar-refractivity contribution in [1.29, 1.82) is 0 Å². The molecule has 1 saturated carbocycles. The summed E-state index contributed by atoms with van der Waals surface area (Å²) in [7, 11) is 0. The second kappa shape index (κ2) is 5.67. The molecule has 3 aliphatic rings. The lowest BCUT2D eigenvalue weighted by atomic mass is 9.66. The smallest absolute Gasteiger partial charge is 0.353 e. The first kappa shape index (κ1) is 18.1. The van der Waals surface area contributed by atoms with Crippen molar-refractivity contribution in [2.45, 2.75) is 57.5 Å². The molecular formula is C17H24O8. The molecule has 1 aliphatic carbocycles. The van der Waals surface area contributed by atoms with Gasteiger partial charge in [-0.1, -0.05) is 0 Å². The molecular weight excluding hydrogens is 332 g/mol. The van der Waals surface area contributed by atoms with Gasteiger partial charge in [-0.3, -0.25) is 4.79 Å². The molecule has 0 aromatic carbocycles. The van der Waals surface area contributed by atoms with Crippen LogP contribution in [-0.2, 0) is 33.3 Å². The third kappa shape index (κ3) is 2.81. The molecule has 8 heteroatoms. The number of carbonyl (C=O) groups is 3. The molecule has 2 heterocycles. The maximum atomic E-state index is 12.8. The molecule has 0 bridgehead atoms. The molecule has 2 saturated heterocycles. The second-order valence-corrected chi connectivity index (χ2v) is 7.65. The van der Waals surface area contributed by atoms with Gasteiger partial charge in [0.2, 0.25) is 0 Å². The van der Waals surface area contributed by atoms with Crippen molar-refractivity contribution in [3.63, 3.8) is 0 Å². The molecule has 140 valence electrons. The number of ether oxygens (including phenoxy) is 4. The van der Waals surface area contributed by atoms with E-state index < -0.39 is 46.7 Å². The highest BCUT2D eigenvalue weighted by molar-refractivity contribution is 6.06. The van der Waals surface area contributed by atoms with Crippen LogP contribution in [0.4, 0.5) is 0 Å². The summed E-state index contributed by atoms with van der Waals surface area (Å²) in [5, 5.41) is 10.7. The molecule has 1 N–H and O–H groups in total. The van der Waals surface area contributed by atoms with Crippen molar-refractivity contribution in [2.24, 2.45) is 17.8 Å². The van der Waals surface area contributed by atoms with E-state index in [-0.39, 0.29) is 19.1 Å². The largest absolute Gasteiger partial charge is 0.466 e. The Morgan fingerprint density at radius 2 is 1.76 bits per heavy atom. The molecule has 3 fully saturated rings. The van der Waals surface area contributed by atoms with Crippen LogP contribution in [0, 0.1) is 17.8 Å². The van der Waals surface area contributed by atoms with Crippen LogP contribution in [0.3, 0.4) is 0 Å². The second-order valence-electron chi connectivity index (χ2n) is 7.65. The minimum Gasteiger partial charge on any atom is -0.466 e. The van der Waals surface area contributed by atoms with E-state index in [1.807, 2.05) is 0 Å². The summed E-state index contributed by atoms with van der Waals surface area (Å²) in [5.74, 6) is -5.94. The Morgan fingerprint density at radius 1 is 1.20 bits per heavy atom. The van der Waals surface area contributed by atoms with Crippen LogP contribution in [0.2, 0.25) is 0 Å². The van der Waals surface area contributed by atoms with Crippen LogP contribution < -0.4 is 0 Å². The van der Waals surface area contributed by atoms with Gasteiger partial charge >= 0.3 is 17.9 Å². The zero-order chi connectivity index (χ0) is 18.6. The molecule has 0 amide bonds. The standard InChI is InChI=1S/C17H24O8/c1-5-22-12(18)11-10(9-6-7-9)17(23-8-16(11,4)21)13(19)24-15(2,3)25-14(17)20/h9-11,21H,5-8H2,1-4H3/t10-,11+,16+/m1/s1. The van der Waals surface area contributed by atoms with Crippen molar-refractivity contribution in [2.75, 3.05) is 13.2 Å². The molecule has 2 aliphatic heterocycles. The van der Waals surface area contributed by atoms with Gasteiger partial charge in [0.15, 0.2) is 0 Å². The van der Waals surface area contributed by atoms with E-state index in [9.17, 15) is 19.5 Å². The molecule has 3 atom stereocenters. The third-order valence-corrected chi connectivity index (χ3v) is 5.04. The summed E-state index contributed by atoms with van der Waals surface area (Å²) in [5.41, 5.74) is -3.62. The van der Waals surface area contributed by atoms with Gasteiger partial charge in [-0.25, -0.2) is 9.59 Å². The van der Waals surface area contributed by atoms with Gasteiger partial charge < -0.3 is 24.1 Å². The molecule has 0 unspecified atom stereocenters. The van der Waals surface area contributed by atoms with Crippen LogP contribution in [-0.4, -0.2) is 53.2 Å². The lowest BCUT2D eigenvalue weighted by Gasteiger charge is -2.52. The van der Waals surface area contributed by atoms with Gasteiger partial charge in [0.05, 0.1) is 24.7 Å². The minimum atomic E-state index is -2.05. The minimum absolute atomic E-state index is 0.124. The van der Waals surface area contributed by atoms with Crippen molar-refractivity contribution in [1.82, 2.24) is 0 Å². The first-order valence-corrected chi connectivity index (χ1v) is 8.55. The molecule has 0 aromatic heterocycles. The lowest BCUT2D eigenvalue weighted by molar-refractivity contribution is -0.295. The normalized spacial score (nSPS) is 36.5. The molecule has 0 aromatic rings. The zero-order valence-corrected chi connectivity index (χ0v) is 14.9. The summed E-state index contributed by atoms with van der Waals surface area (Å²) in [6.45, 7) is 5.73. The predicted molar refractivity (Wildman–Crippen MR) is 81.9 cm³/mol. The van der Waals surface area contributed by atoms with Gasteiger partial charge in [-0.05, 0) is 32.6 Å². The fourth-order valence-electron chi connectivity index (χ4n) is 3.85. The summed E-state index contributed by atoms with van der Waals surface area (Å²) in [6, 6.07) is 0. The first-order valence-electron chi connectivity index (χ1n) is 8.55. The van der Waals surface area contributed by atoms with Gasteiger partial charge in [-0.2, -0.15) is 0 Å². The van der Waals surface area contributed by atoms with Crippen LogP contribution in [0.5, 0.6) is 0 Å². The number of hydrogen-bond acceptors (Lipinski definition) is 8. The van der Waals surface area contributed by atoms with E-state index in [4.69, 9.17) is 18.9 Å². The van der Waals surface area contributed by atoms with Crippen molar-refractivity contribution in [3.05, 3.63) is 0 Å². The van der Waals surface area contributed by atoms with E-state index in [0.717, 1.165) is 0 Å². The average Bonchev–Trinajstić information content (AvgIpc) is 3.28. The van der Waals surface area contributed by atoms with Gasteiger partial charge in [0.1, 0.15) is 0 Å². The van der Waals surface area contributed by atoms with Gasteiger partial charge in [-0.15, -0.1) is 0 Å². The van der Waals surface area contributed by atoms with E-state index in [1.54, 1.807) is 6.92 Å². The van der Waals surface area contributed by atoms with Crippen LogP contribution >= 0.6 is 0 Å². The number of cyclic esters (lactones) is 2. The topological polar surface area (TPSA) is 108 Å². The predicted octanol–water partition coefficient (Wildman–Crippen LogP) is 0.548. The van der Waals surface area contributed by atoms with E-state index >= 15 is 0 Å². The van der Waals surface area contributed by atoms with Crippen molar-refractivity contribution < 1.29 is 38.4 Å². The zero-order valence-electron chi connectivity index (χ0n) is 14.9. The third-order valence-electron chi connectivity index (χ3n) is 5.04. The molecule has 8 nitrogen and oxygen atoms in total. The number of aliphatic hydroxyl groups is 1. The molecule has 0 radical (unpaired) electrons. The number of hydrogen-bond donors (Lipinski definition) is 1. The SMILES string of the molecule is CCOC(=O)[C@@H]1[C@@H](C2CC2)C2(OC[C@]1(C)O)C(=O)OC(C)(C)OC2=O. The Bertz CT molecular complexity index is 584. The number of carbonyl (C=O) groups excluding carboxylic acids is 3. The number of esters is 3. The Labute approximate surface area is 145 Å². The van der Waals surface area contributed by atoms with Crippen molar-refractivity contribution >= 4 is 17.9 Å². The highest BCUT2D eigenvalue weighted by Gasteiger charge is 2.72. The Balaban J connectivity index is 2.06. The van der Waals surface area contributed by atoms with E-state index in [0.29, 0.717) is 12.8 Å². The fraction of sp³-hybridized carbons (Fsp3) is 0.824. The lowest BCUT2D eigenvalue weighted by Crippen LogP contribution is -2.72. The van der Waals surface area contributed by atoms with Crippen LogP contribution in [0.1, 0.15) is 40.5 Å². The van der Waals surface area contributed by atoms with Gasteiger partial charge in [0, 0.05) is 19.8 Å². The first-order chi connectivity index (χ1) is 11.5. The number of rotatable bonds is 3. The molecule has 3 rings (SSSR count). The van der Waals surface area contributed by atoms with Crippen LogP contribution in [0.15, 0.2) is 0 Å². The quantitative estimate of drug-likeness (QED) is 0.577. The highest BCUT2D eigenvalue weighted by atomic mass is 16.8. The van der Waals surface area contributed by atoms with Crippen LogP contribution in [0.25, 0.3) is 0 Å². The summed E-state index contributed by atoms with van der Waals surface area (Å²) in [4.78, 5) is 38.2. The maximum absolute atomic E-state index is 12.8. The van der Waals surface area contributed by atoms with E-state index in [1.165, 1.54) is 20.8 Å². The molecule has 25 heavy (non-hydrogen) atoms. The Kier molecular flexibility index (Phi) is 4.11. The Hall–Kier alpha value is -1.67. The average molecular weight is 356 g/mol. The summed E-state index contributed by atoms with van der Waals surface area (Å²) in [6.07, 6.45) is 1.43. The molecule has 1 spiro atoms. The summed E-state index contributed by atoms with van der Waals surface area (Å²) < 4.78 is 21.2. The van der Waals surface area contributed by atoms with Crippen molar-refractivity contribution in [3.8, 4) is 0 Å². The maximum Gasteiger partial charge on any atom is 0.353 e. The summed E-state index contributed by atoms with van der Waals surface area (Å²) >= 11 is 0. The Morgan fingerprint density at radius 3 is 2.24 bits per heavy atom. The fourth-order valence-corrected chi connectivity index (χ4v) is 3.85. The van der Waals surface area contributed by atoms with Gasteiger partial charge in [0.25, 0.3) is 11.4 Å². The highest BCUT2D eigenvalue weighted by Crippen LogP contribution is 2.55.